The second-order valence-corrected chi connectivity index (χ2v) is 2.28. The first-order valence-corrected chi connectivity index (χ1v) is 3.48. The topological polar surface area (TPSA) is 9.23 Å². The van der Waals surface area contributed by atoms with E-state index in [0.29, 0.717) is 0 Å². The van der Waals surface area contributed by atoms with E-state index in [1.54, 1.807) is 0 Å². The lowest BCUT2D eigenvalue weighted by molar-refractivity contribution is 0.473. The summed E-state index contributed by atoms with van der Waals surface area (Å²) in [5.74, 6) is 0.790. The summed E-state index contributed by atoms with van der Waals surface area (Å²) in [4.78, 5) is 0. The maximum absolute atomic E-state index is 4.77. The molecule has 1 heteroatoms. The molecule has 0 heterocycles. The molecule has 0 bridgehead atoms. The highest BCUT2D eigenvalue weighted by Crippen LogP contribution is 2.11. The molecular weight excluding hydrogens is 136 g/mol. The smallest absolute Gasteiger partial charge is 0.122 e. The Kier molecular flexibility index (Phi) is 2.73. The molecule has 0 spiro atoms. The van der Waals surface area contributed by atoms with E-state index < -0.39 is 0 Å². The Balaban J connectivity index is 2.74. The fourth-order valence-corrected chi connectivity index (χ4v) is 0.888. The predicted octanol–water partition coefficient (Wildman–Crippen LogP) is 2.59. The summed E-state index contributed by atoms with van der Waals surface area (Å²) < 4.78 is 4.77. The van der Waals surface area contributed by atoms with Crippen LogP contribution >= 0.6 is 0 Å². The molecule has 0 aliphatic carbocycles. The van der Waals surface area contributed by atoms with Gasteiger partial charge in [0.15, 0.2) is 0 Å². The van der Waals surface area contributed by atoms with Crippen LogP contribution in [-0.4, -0.2) is 0 Å². The molecule has 0 aliphatic heterocycles. The molecule has 1 aromatic rings. The first-order chi connectivity index (χ1) is 5.36. The van der Waals surface area contributed by atoms with Crippen LogP contribution in [0.5, 0.6) is 5.75 Å². The Morgan fingerprint density at radius 2 is 1.91 bits per heavy atom. The van der Waals surface area contributed by atoms with E-state index in [9.17, 15) is 0 Å². The van der Waals surface area contributed by atoms with E-state index in [-0.39, 0.29) is 0 Å². The molecule has 57 valence electrons. The van der Waals surface area contributed by atoms with Crippen molar-refractivity contribution in [2.75, 3.05) is 0 Å². The van der Waals surface area contributed by atoms with Crippen LogP contribution in [-0.2, 0) is 6.42 Å². The van der Waals surface area contributed by atoms with Crippen molar-refractivity contribution in [1.29, 1.82) is 0 Å². The van der Waals surface area contributed by atoms with Gasteiger partial charge in [-0.05, 0) is 24.1 Å². The summed E-state index contributed by atoms with van der Waals surface area (Å²) in [5.41, 5.74) is 1.24. The lowest BCUT2D eigenvalue weighted by Crippen LogP contribution is -1.81. The SMILES string of the molecule is [CH2]Oc1ccc(CC=C)cc1. The molecule has 1 aromatic carbocycles. The summed E-state index contributed by atoms with van der Waals surface area (Å²) >= 11 is 0. The highest BCUT2D eigenvalue weighted by atomic mass is 16.5. The minimum Gasteiger partial charge on any atom is -0.490 e. The molecular formula is C10H11O. The number of ether oxygens (including phenoxy) is 1. The third-order valence-electron chi connectivity index (χ3n) is 1.47. The van der Waals surface area contributed by atoms with Crippen molar-refractivity contribution < 1.29 is 4.74 Å². The molecule has 1 nitrogen and oxygen atoms in total. The van der Waals surface area contributed by atoms with Crippen LogP contribution in [0.3, 0.4) is 0 Å². The number of rotatable bonds is 3. The Bertz CT molecular complexity index is 223. The normalized spacial score (nSPS) is 9.18. The van der Waals surface area contributed by atoms with Crippen molar-refractivity contribution >= 4 is 0 Å². The van der Waals surface area contributed by atoms with Crippen molar-refractivity contribution in [2.45, 2.75) is 6.42 Å². The molecule has 0 unspecified atom stereocenters. The Morgan fingerprint density at radius 1 is 1.27 bits per heavy atom. The van der Waals surface area contributed by atoms with Gasteiger partial charge in [0.2, 0.25) is 0 Å². The Hall–Kier alpha value is -1.24. The summed E-state index contributed by atoms with van der Waals surface area (Å²) in [6, 6.07) is 7.79. The standard InChI is InChI=1S/C10H11O/c1-3-4-9-5-7-10(11-2)8-6-9/h3,5-8H,1-2,4H2. The first kappa shape index (κ1) is 7.86. The van der Waals surface area contributed by atoms with Crippen molar-refractivity contribution in [2.24, 2.45) is 0 Å². The zero-order chi connectivity index (χ0) is 8.10. The molecule has 0 amide bonds. The molecule has 11 heavy (non-hydrogen) atoms. The average molecular weight is 147 g/mol. The molecule has 1 rings (SSSR count). The summed E-state index contributed by atoms with van der Waals surface area (Å²) in [7, 11) is 3.31. The highest BCUT2D eigenvalue weighted by molar-refractivity contribution is 5.28. The zero-order valence-corrected chi connectivity index (χ0v) is 6.42. The molecule has 0 aliphatic rings. The first-order valence-electron chi connectivity index (χ1n) is 3.48. The fraction of sp³-hybridized carbons (Fsp3) is 0.100. The van der Waals surface area contributed by atoms with E-state index in [0.717, 1.165) is 12.2 Å². The third kappa shape index (κ3) is 2.11. The van der Waals surface area contributed by atoms with Crippen LogP contribution in [0.4, 0.5) is 0 Å². The Morgan fingerprint density at radius 3 is 2.36 bits per heavy atom. The van der Waals surface area contributed by atoms with Gasteiger partial charge in [-0.3, -0.25) is 0 Å². The van der Waals surface area contributed by atoms with Gasteiger partial charge in [-0.25, -0.2) is 0 Å². The highest BCUT2D eigenvalue weighted by Gasteiger charge is 1.90. The van der Waals surface area contributed by atoms with Gasteiger partial charge < -0.3 is 4.74 Å². The molecule has 0 aromatic heterocycles. The van der Waals surface area contributed by atoms with E-state index >= 15 is 0 Å². The van der Waals surface area contributed by atoms with Gasteiger partial charge in [0.05, 0.1) is 0 Å². The van der Waals surface area contributed by atoms with Crippen LogP contribution in [0.25, 0.3) is 0 Å². The van der Waals surface area contributed by atoms with E-state index in [1.165, 1.54) is 5.56 Å². The van der Waals surface area contributed by atoms with Gasteiger partial charge in [-0.15, -0.1) is 6.58 Å². The van der Waals surface area contributed by atoms with E-state index in [2.05, 4.69) is 13.7 Å². The number of allylic oxidation sites excluding steroid dienone is 1. The number of hydrogen-bond donors (Lipinski definition) is 0. The quantitative estimate of drug-likeness (QED) is 0.597. The van der Waals surface area contributed by atoms with Gasteiger partial charge in [0.1, 0.15) is 12.9 Å². The van der Waals surface area contributed by atoms with Crippen molar-refractivity contribution in [3.8, 4) is 5.75 Å². The van der Waals surface area contributed by atoms with Gasteiger partial charge in [0, 0.05) is 0 Å². The number of benzene rings is 1. The third-order valence-corrected chi connectivity index (χ3v) is 1.47. The minimum absolute atomic E-state index is 0.790. The van der Waals surface area contributed by atoms with Gasteiger partial charge in [0.25, 0.3) is 0 Å². The predicted molar refractivity (Wildman–Crippen MR) is 46.3 cm³/mol. The summed E-state index contributed by atoms with van der Waals surface area (Å²) in [5, 5.41) is 0. The zero-order valence-electron chi connectivity index (χ0n) is 6.42. The second-order valence-electron chi connectivity index (χ2n) is 2.28. The fourth-order valence-electron chi connectivity index (χ4n) is 0.888. The van der Waals surface area contributed by atoms with Gasteiger partial charge in [-0.1, -0.05) is 18.2 Å². The molecule has 1 radical (unpaired) electrons. The lowest BCUT2D eigenvalue weighted by Gasteiger charge is -1.99. The van der Waals surface area contributed by atoms with Gasteiger partial charge in [-0.2, -0.15) is 0 Å². The maximum Gasteiger partial charge on any atom is 0.122 e. The number of hydrogen-bond acceptors (Lipinski definition) is 1. The van der Waals surface area contributed by atoms with Crippen LogP contribution in [0.2, 0.25) is 0 Å². The molecule has 0 saturated carbocycles. The van der Waals surface area contributed by atoms with Crippen molar-refractivity contribution in [3.05, 3.63) is 49.6 Å². The Labute approximate surface area is 67.3 Å². The lowest BCUT2D eigenvalue weighted by atomic mass is 10.1. The van der Waals surface area contributed by atoms with Crippen molar-refractivity contribution in [1.82, 2.24) is 0 Å². The summed E-state index contributed by atoms with van der Waals surface area (Å²) in [6.07, 6.45) is 2.78. The maximum atomic E-state index is 4.77. The average Bonchev–Trinajstić information content (AvgIpc) is 2.07. The molecule has 0 saturated heterocycles. The van der Waals surface area contributed by atoms with Gasteiger partial charge >= 0.3 is 0 Å². The van der Waals surface area contributed by atoms with Crippen LogP contribution < -0.4 is 4.74 Å². The van der Waals surface area contributed by atoms with E-state index in [1.807, 2.05) is 30.3 Å². The van der Waals surface area contributed by atoms with E-state index in [4.69, 9.17) is 4.74 Å². The van der Waals surface area contributed by atoms with Crippen LogP contribution in [0.15, 0.2) is 36.9 Å². The monoisotopic (exact) mass is 147 g/mol. The molecule has 0 N–H and O–H groups in total. The molecule has 0 atom stereocenters. The van der Waals surface area contributed by atoms with Crippen LogP contribution in [0, 0.1) is 7.11 Å². The minimum atomic E-state index is 0.790. The molecule has 0 fully saturated rings. The largest absolute Gasteiger partial charge is 0.490 e. The van der Waals surface area contributed by atoms with Crippen molar-refractivity contribution in [3.63, 3.8) is 0 Å². The second kappa shape index (κ2) is 3.81. The summed E-state index contributed by atoms with van der Waals surface area (Å²) in [6.45, 7) is 3.65. The van der Waals surface area contributed by atoms with Crippen LogP contribution in [0.1, 0.15) is 5.56 Å².